The summed E-state index contributed by atoms with van der Waals surface area (Å²) in [5, 5.41) is 9.21. The summed E-state index contributed by atoms with van der Waals surface area (Å²) in [6.45, 7) is 0.856. The minimum atomic E-state index is -0.904. The first-order valence-electron chi connectivity index (χ1n) is 5.82. The molecular formula is C13H17NO4. The molecular weight excluding hydrogens is 234 g/mol. The maximum Gasteiger partial charge on any atom is 0.407 e. The molecule has 2 rings (SSSR count). The molecule has 0 spiro atoms. The Labute approximate surface area is 106 Å². The van der Waals surface area contributed by atoms with Gasteiger partial charge in [0.05, 0.1) is 19.8 Å². The predicted molar refractivity (Wildman–Crippen MR) is 66.0 cm³/mol. The summed E-state index contributed by atoms with van der Waals surface area (Å²) in [7, 11) is 3.21. The Hall–Kier alpha value is -1.75. The van der Waals surface area contributed by atoms with Crippen molar-refractivity contribution in [2.75, 3.05) is 27.4 Å². The van der Waals surface area contributed by atoms with Crippen LogP contribution in [0.4, 0.5) is 4.79 Å². The summed E-state index contributed by atoms with van der Waals surface area (Å²) < 4.78 is 10.3. The predicted octanol–water partition coefficient (Wildman–Crippen LogP) is 1.92. The van der Waals surface area contributed by atoms with Gasteiger partial charge in [0.1, 0.15) is 5.75 Å². The fraction of sp³-hybridized carbons (Fsp3) is 0.462. The van der Waals surface area contributed by atoms with E-state index in [2.05, 4.69) is 0 Å². The highest BCUT2D eigenvalue weighted by Crippen LogP contribution is 2.32. The van der Waals surface area contributed by atoms with Gasteiger partial charge >= 0.3 is 6.09 Å². The third-order valence-corrected chi connectivity index (χ3v) is 3.28. The molecule has 0 saturated carbocycles. The van der Waals surface area contributed by atoms with Crippen LogP contribution in [0.15, 0.2) is 18.2 Å². The van der Waals surface area contributed by atoms with E-state index in [0.29, 0.717) is 19.6 Å². The van der Waals surface area contributed by atoms with Gasteiger partial charge in [-0.3, -0.25) is 4.90 Å². The van der Waals surface area contributed by atoms with Crippen molar-refractivity contribution in [1.29, 1.82) is 0 Å². The lowest BCUT2D eigenvalue weighted by Crippen LogP contribution is -2.41. The number of nitrogens with zero attached hydrogens (tertiary/aromatic N) is 1. The Morgan fingerprint density at radius 1 is 1.50 bits per heavy atom. The van der Waals surface area contributed by atoms with Crippen molar-refractivity contribution < 1.29 is 19.4 Å². The monoisotopic (exact) mass is 251 g/mol. The van der Waals surface area contributed by atoms with Gasteiger partial charge in [0.25, 0.3) is 0 Å². The normalized spacial score (nSPS) is 18.3. The third-order valence-electron chi connectivity index (χ3n) is 3.28. The minimum absolute atomic E-state index is 0.234. The summed E-state index contributed by atoms with van der Waals surface area (Å²) in [6, 6.07) is 5.51. The van der Waals surface area contributed by atoms with Crippen LogP contribution in [-0.4, -0.2) is 43.5 Å². The molecule has 0 unspecified atom stereocenters. The average Bonchev–Trinajstić information content (AvgIpc) is 2.38. The van der Waals surface area contributed by atoms with E-state index in [1.54, 1.807) is 14.2 Å². The van der Waals surface area contributed by atoms with Gasteiger partial charge in [-0.25, -0.2) is 4.79 Å². The van der Waals surface area contributed by atoms with Crippen LogP contribution in [-0.2, 0) is 11.2 Å². The van der Waals surface area contributed by atoms with E-state index in [1.165, 1.54) is 4.90 Å². The molecule has 98 valence electrons. The number of fused-ring (bicyclic) bond motifs is 1. The van der Waals surface area contributed by atoms with Crippen LogP contribution in [0.2, 0.25) is 0 Å². The second kappa shape index (κ2) is 5.27. The highest BCUT2D eigenvalue weighted by atomic mass is 16.5. The number of ether oxygens (including phenoxy) is 2. The van der Waals surface area contributed by atoms with Gasteiger partial charge in [0, 0.05) is 13.7 Å². The first kappa shape index (κ1) is 12.7. The summed E-state index contributed by atoms with van der Waals surface area (Å²) in [4.78, 5) is 12.6. The van der Waals surface area contributed by atoms with Gasteiger partial charge in [0.2, 0.25) is 0 Å². The molecule has 18 heavy (non-hydrogen) atoms. The van der Waals surface area contributed by atoms with Gasteiger partial charge in [-0.2, -0.15) is 0 Å². The van der Waals surface area contributed by atoms with Crippen LogP contribution >= 0.6 is 0 Å². The molecule has 5 heteroatoms. The highest BCUT2D eigenvalue weighted by molar-refractivity contribution is 5.66. The lowest BCUT2D eigenvalue weighted by molar-refractivity contribution is 0.0745. The molecule has 1 aliphatic rings. The number of hydrogen-bond acceptors (Lipinski definition) is 3. The number of rotatable bonds is 3. The molecule has 1 aromatic rings. The van der Waals surface area contributed by atoms with Gasteiger partial charge in [-0.05, 0) is 29.7 Å². The number of methoxy groups -OCH3 is 2. The fourth-order valence-electron chi connectivity index (χ4n) is 2.38. The zero-order valence-corrected chi connectivity index (χ0v) is 10.5. The number of benzene rings is 1. The fourth-order valence-corrected chi connectivity index (χ4v) is 2.38. The van der Waals surface area contributed by atoms with E-state index in [1.807, 2.05) is 18.2 Å². The van der Waals surface area contributed by atoms with Crippen molar-refractivity contribution in [1.82, 2.24) is 4.90 Å². The molecule has 1 heterocycles. The smallest absolute Gasteiger partial charge is 0.407 e. The van der Waals surface area contributed by atoms with Crippen molar-refractivity contribution in [2.45, 2.75) is 12.5 Å². The molecule has 0 radical (unpaired) electrons. The lowest BCUT2D eigenvalue weighted by atomic mass is 9.93. The second-order valence-electron chi connectivity index (χ2n) is 4.26. The third kappa shape index (κ3) is 2.26. The summed E-state index contributed by atoms with van der Waals surface area (Å²) in [5.41, 5.74) is 2.14. The molecule has 0 saturated heterocycles. The van der Waals surface area contributed by atoms with Crippen molar-refractivity contribution in [3.05, 3.63) is 29.3 Å². The van der Waals surface area contributed by atoms with Crippen molar-refractivity contribution in [3.8, 4) is 5.75 Å². The van der Waals surface area contributed by atoms with Crippen molar-refractivity contribution in [2.24, 2.45) is 0 Å². The molecule has 1 aromatic carbocycles. The van der Waals surface area contributed by atoms with Gasteiger partial charge in [-0.1, -0.05) is 6.07 Å². The molecule has 1 atom stereocenters. The summed E-state index contributed by atoms with van der Waals surface area (Å²) in [5.74, 6) is 0.800. The first-order chi connectivity index (χ1) is 8.67. The number of amides is 1. The maximum atomic E-state index is 11.2. The summed E-state index contributed by atoms with van der Waals surface area (Å²) >= 11 is 0. The van der Waals surface area contributed by atoms with Crippen molar-refractivity contribution in [3.63, 3.8) is 0 Å². The molecule has 1 N–H and O–H groups in total. The zero-order valence-electron chi connectivity index (χ0n) is 10.5. The number of carbonyl (C=O) groups is 1. The standard InChI is InChI=1S/C13H17NO4/c1-17-8-12-11-4-3-10(18-2)7-9(11)5-6-14(12)13(15)16/h3-4,7,12H,5-6,8H2,1-2H3,(H,15,16)/t12-/m1/s1. The Morgan fingerprint density at radius 2 is 2.28 bits per heavy atom. The van der Waals surface area contributed by atoms with E-state index in [0.717, 1.165) is 16.9 Å². The number of carboxylic acid groups (broad SMARTS) is 1. The Morgan fingerprint density at radius 3 is 2.89 bits per heavy atom. The Kier molecular flexibility index (Phi) is 3.72. The maximum absolute atomic E-state index is 11.2. The zero-order chi connectivity index (χ0) is 13.1. The SMILES string of the molecule is COC[C@@H]1c2ccc(OC)cc2CCN1C(=O)O. The molecule has 0 bridgehead atoms. The average molecular weight is 251 g/mol. The molecule has 0 fully saturated rings. The second-order valence-corrected chi connectivity index (χ2v) is 4.26. The quantitative estimate of drug-likeness (QED) is 0.891. The Balaban J connectivity index is 2.36. The van der Waals surface area contributed by atoms with Crippen LogP contribution in [0.3, 0.4) is 0 Å². The molecule has 0 aromatic heterocycles. The van der Waals surface area contributed by atoms with Gasteiger partial charge < -0.3 is 14.6 Å². The largest absolute Gasteiger partial charge is 0.497 e. The molecule has 1 amide bonds. The van der Waals surface area contributed by atoms with Crippen LogP contribution < -0.4 is 4.74 Å². The van der Waals surface area contributed by atoms with E-state index in [9.17, 15) is 9.90 Å². The van der Waals surface area contributed by atoms with Gasteiger partial charge in [-0.15, -0.1) is 0 Å². The Bertz CT molecular complexity index is 447. The van der Waals surface area contributed by atoms with E-state index < -0.39 is 6.09 Å². The molecule has 5 nitrogen and oxygen atoms in total. The highest BCUT2D eigenvalue weighted by Gasteiger charge is 2.30. The van der Waals surface area contributed by atoms with Gasteiger partial charge in [0.15, 0.2) is 0 Å². The molecule has 1 aliphatic heterocycles. The van der Waals surface area contributed by atoms with Crippen molar-refractivity contribution >= 4 is 6.09 Å². The van der Waals surface area contributed by atoms with E-state index in [4.69, 9.17) is 9.47 Å². The topological polar surface area (TPSA) is 59.0 Å². The lowest BCUT2D eigenvalue weighted by Gasteiger charge is -2.35. The van der Waals surface area contributed by atoms with Crippen LogP contribution in [0.25, 0.3) is 0 Å². The van der Waals surface area contributed by atoms with Crippen LogP contribution in [0.5, 0.6) is 5.75 Å². The van der Waals surface area contributed by atoms with E-state index in [-0.39, 0.29) is 6.04 Å². The van der Waals surface area contributed by atoms with E-state index >= 15 is 0 Å². The summed E-state index contributed by atoms with van der Waals surface area (Å²) in [6.07, 6.45) is -0.197. The van der Waals surface area contributed by atoms with Crippen LogP contribution in [0, 0.1) is 0 Å². The first-order valence-corrected chi connectivity index (χ1v) is 5.82. The minimum Gasteiger partial charge on any atom is -0.497 e. The van der Waals surface area contributed by atoms with Crippen LogP contribution in [0.1, 0.15) is 17.2 Å². The molecule has 0 aliphatic carbocycles. The number of hydrogen-bond donors (Lipinski definition) is 1.